The van der Waals surface area contributed by atoms with Gasteiger partial charge in [-0.3, -0.25) is 4.79 Å². The summed E-state index contributed by atoms with van der Waals surface area (Å²) >= 11 is 1.89. The summed E-state index contributed by atoms with van der Waals surface area (Å²) in [5.41, 5.74) is 7.34. The van der Waals surface area contributed by atoms with Gasteiger partial charge in [0.1, 0.15) is 0 Å². The van der Waals surface area contributed by atoms with Crippen LogP contribution in [0.1, 0.15) is 44.1 Å². The number of carbonyl (C=O) groups is 1. The van der Waals surface area contributed by atoms with Gasteiger partial charge in [-0.05, 0) is 49.6 Å². The molecule has 21 heavy (non-hydrogen) atoms. The Kier molecular flexibility index (Phi) is 4.16. The van der Waals surface area contributed by atoms with Gasteiger partial charge in [0.2, 0.25) is 5.91 Å². The molecule has 114 valence electrons. The fourth-order valence-electron chi connectivity index (χ4n) is 3.42. The first-order valence-corrected chi connectivity index (χ1v) is 9.14. The quantitative estimate of drug-likeness (QED) is 0.841. The van der Waals surface area contributed by atoms with E-state index in [1.54, 1.807) is 0 Å². The van der Waals surface area contributed by atoms with Gasteiger partial charge in [-0.1, -0.05) is 25.0 Å². The lowest BCUT2D eigenvalue weighted by Gasteiger charge is -2.32. The molecular weight excluding hydrogens is 280 g/mol. The van der Waals surface area contributed by atoms with Crippen LogP contribution in [0.15, 0.2) is 24.3 Å². The molecule has 0 aliphatic heterocycles. The zero-order valence-corrected chi connectivity index (χ0v) is 13.4. The van der Waals surface area contributed by atoms with Crippen molar-refractivity contribution in [1.82, 2.24) is 5.32 Å². The molecule has 1 amide bonds. The lowest BCUT2D eigenvalue weighted by atomic mass is 9.91. The molecule has 0 spiro atoms. The predicted octanol–water partition coefficient (Wildman–Crippen LogP) is 3.09. The minimum absolute atomic E-state index is 0.221. The van der Waals surface area contributed by atoms with Crippen molar-refractivity contribution < 1.29 is 4.79 Å². The average molecular weight is 304 g/mol. The Labute approximate surface area is 131 Å². The highest BCUT2D eigenvalue weighted by atomic mass is 32.2. The smallest absolute Gasteiger partial charge is 0.230 e. The topological polar surface area (TPSA) is 55.1 Å². The van der Waals surface area contributed by atoms with E-state index in [1.165, 1.54) is 19.3 Å². The molecule has 3 nitrogen and oxygen atoms in total. The molecule has 2 fully saturated rings. The van der Waals surface area contributed by atoms with Crippen molar-refractivity contribution in [2.24, 2.45) is 0 Å². The first-order chi connectivity index (χ1) is 10.2. The Morgan fingerprint density at radius 1 is 1.24 bits per heavy atom. The van der Waals surface area contributed by atoms with Crippen LogP contribution in [-0.4, -0.2) is 23.5 Å². The summed E-state index contributed by atoms with van der Waals surface area (Å²) in [5.74, 6) is 0.221. The Bertz CT molecular complexity index is 510. The SMILES string of the molecule is CSC1CCCCC1NC(=O)C1(c2ccc(N)cc2)CC1. The lowest BCUT2D eigenvalue weighted by molar-refractivity contribution is -0.124. The molecule has 3 rings (SSSR count). The third kappa shape index (κ3) is 2.91. The fourth-order valence-corrected chi connectivity index (χ4v) is 4.36. The highest BCUT2D eigenvalue weighted by Gasteiger charge is 2.51. The summed E-state index contributed by atoms with van der Waals surface area (Å²) in [5, 5.41) is 3.92. The molecule has 0 aromatic heterocycles. The number of anilines is 1. The van der Waals surface area contributed by atoms with Gasteiger partial charge in [0, 0.05) is 17.0 Å². The van der Waals surface area contributed by atoms with Crippen molar-refractivity contribution in [3.8, 4) is 0 Å². The van der Waals surface area contributed by atoms with Crippen LogP contribution < -0.4 is 11.1 Å². The molecule has 0 radical (unpaired) electrons. The maximum absolute atomic E-state index is 12.8. The van der Waals surface area contributed by atoms with Crippen LogP contribution in [-0.2, 0) is 10.2 Å². The van der Waals surface area contributed by atoms with Crippen molar-refractivity contribution in [3.05, 3.63) is 29.8 Å². The second kappa shape index (κ2) is 5.91. The second-order valence-electron chi connectivity index (χ2n) is 6.34. The largest absolute Gasteiger partial charge is 0.399 e. The van der Waals surface area contributed by atoms with E-state index in [4.69, 9.17) is 5.73 Å². The second-order valence-corrected chi connectivity index (χ2v) is 7.42. The number of amides is 1. The summed E-state index contributed by atoms with van der Waals surface area (Å²) in [6.07, 6.45) is 8.94. The van der Waals surface area contributed by atoms with Crippen molar-refractivity contribution in [2.75, 3.05) is 12.0 Å². The van der Waals surface area contributed by atoms with Crippen molar-refractivity contribution in [3.63, 3.8) is 0 Å². The van der Waals surface area contributed by atoms with E-state index in [0.717, 1.165) is 30.5 Å². The summed E-state index contributed by atoms with van der Waals surface area (Å²) in [4.78, 5) is 12.8. The number of benzene rings is 1. The molecule has 2 atom stereocenters. The minimum atomic E-state index is -0.284. The monoisotopic (exact) mass is 304 g/mol. The van der Waals surface area contributed by atoms with Crippen LogP contribution in [0.3, 0.4) is 0 Å². The number of hydrogen-bond donors (Lipinski definition) is 2. The molecule has 1 aromatic rings. The molecule has 2 aliphatic rings. The van der Waals surface area contributed by atoms with E-state index >= 15 is 0 Å². The molecule has 0 saturated heterocycles. The van der Waals surface area contributed by atoms with Crippen molar-refractivity contribution in [2.45, 2.75) is 55.2 Å². The zero-order valence-electron chi connectivity index (χ0n) is 12.6. The third-order valence-corrected chi connectivity index (χ3v) is 6.14. The standard InChI is InChI=1S/C17H24N2OS/c1-21-15-5-3-2-4-14(15)19-16(20)17(10-11-17)12-6-8-13(18)9-7-12/h6-9,14-15H,2-5,10-11,18H2,1H3,(H,19,20). The summed E-state index contributed by atoms with van der Waals surface area (Å²) in [6.45, 7) is 0. The van der Waals surface area contributed by atoms with E-state index in [1.807, 2.05) is 36.0 Å². The average Bonchev–Trinajstić information content (AvgIpc) is 3.30. The third-order valence-electron chi connectivity index (χ3n) is 4.97. The number of thioether (sulfide) groups is 1. The normalized spacial score (nSPS) is 27.1. The molecular formula is C17H24N2OS. The molecule has 2 saturated carbocycles. The lowest BCUT2D eigenvalue weighted by Crippen LogP contribution is -2.47. The molecule has 2 aliphatic carbocycles. The molecule has 4 heteroatoms. The van der Waals surface area contributed by atoms with Crippen molar-refractivity contribution in [1.29, 1.82) is 0 Å². The van der Waals surface area contributed by atoms with Crippen LogP contribution >= 0.6 is 11.8 Å². The molecule has 0 bridgehead atoms. The van der Waals surface area contributed by atoms with E-state index in [9.17, 15) is 4.79 Å². The number of nitrogen functional groups attached to an aromatic ring is 1. The van der Waals surface area contributed by atoms with Crippen LogP contribution in [0.2, 0.25) is 0 Å². The van der Waals surface area contributed by atoms with Gasteiger partial charge < -0.3 is 11.1 Å². The number of nitrogens with two attached hydrogens (primary N) is 1. The Morgan fingerprint density at radius 3 is 2.52 bits per heavy atom. The van der Waals surface area contributed by atoms with Gasteiger partial charge in [0.05, 0.1) is 5.41 Å². The summed E-state index contributed by atoms with van der Waals surface area (Å²) in [6, 6.07) is 8.15. The first-order valence-electron chi connectivity index (χ1n) is 7.85. The highest BCUT2D eigenvalue weighted by Crippen LogP contribution is 2.48. The van der Waals surface area contributed by atoms with Gasteiger partial charge in [0.15, 0.2) is 0 Å². The molecule has 2 unspecified atom stereocenters. The van der Waals surface area contributed by atoms with Crippen LogP contribution in [0.4, 0.5) is 5.69 Å². The molecule has 1 aromatic carbocycles. The first kappa shape index (κ1) is 14.8. The highest BCUT2D eigenvalue weighted by molar-refractivity contribution is 7.99. The van der Waals surface area contributed by atoms with Crippen molar-refractivity contribution >= 4 is 23.4 Å². The van der Waals surface area contributed by atoms with E-state index < -0.39 is 0 Å². The van der Waals surface area contributed by atoms with Gasteiger partial charge in [0.25, 0.3) is 0 Å². The van der Waals surface area contributed by atoms with Crippen LogP contribution in [0.25, 0.3) is 0 Å². The Morgan fingerprint density at radius 2 is 1.90 bits per heavy atom. The summed E-state index contributed by atoms with van der Waals surface area (Å²) < 4.78 is 0. The van der Waals surface area contributed by atoms with E-state index in [-0.39, 0.29) is 11.3 Å². The van der Waals surface area contributed by atoms with Gasteiger partial charge in [-0.15, -0.1) is 0 Å². The number of rotatable bonds is 4. The Hall–Kier alpha value is -1.16. The predicted molar refractivity (Wildman–Crippen MR) is 89.5 cm³/mol. The van der Waals surface area contributed by atoms with Gasteiger partial charge in [-0.25, -0.2) is 0 Å². The van der Waals surface area contributed by atoms with Crippen LogP contribution in [0, 0.1) is 0 Å². The molecule has 3 N–H and O–H groups in total. The van der Waals surface area contributed by atoms with E-state index in [2.05, 4.69) is 11.6 Å². The minimum Gasteiger partial charge on any atom is -0.399 e. The maximum atomic E-state index is 12.8. The van der Waals surface area contributed by atoms with Gasteiger partial charge in [-0.2, -0.15) is 11.8 Å². The summed E-state index contributed by atoms with van der Waals surface area (Å²) in [7, 11) is 0. The fraction of sp³-hybridized carbons (Fsp3) is 0.588. The Balaban J connectivity index is 1.71. The number of nitrogens with one attached hydrogen (secondary N) is 1. The van der Waals surface area contributed by atoms with E-state index in [0.29, 0.717) is 11.3 Å². The molecule has 0 heterocycles. The maximum Gasteiger partial charge on any atom is 0.230 e. The van der Waals surface area contributed by atoms with Gasteiger partial charge >= 0.3 is 0 Å². The number of hydrogen-bond acceptors (Lipinski definition) is 3. The number of carbonyl (C=O) groups excluding carboxylic acids is 1. The zero-order chi connectivity index (χ0) is 14.9. The van der Waals surface area contributed by atoms with Crippen LogP contribution in [0.5, 0.6) is 0 Å².